The van der Waals surface area contributed by atoms with Gasteiger partial charge in [-0.15, -0.1) is 0 Å². The van der Waals surface area contributed by atoms with Crippen molar-refractivity contribution in [2.45, 2.75) is 12.7 Å². The Morgan fingerprint density at radius 2 is 1.77 bits per heavy atom. The van der Waals surface area contributed by atoms with E-state index in [2.05, 4.69) is 4.98 Å². The average Bonchev–Trinajstić information content (AvgIpc) is 2.59. The van der Waals surface area contributed by atoms with E-state index >= 15 is 0 Å². The molecule has 3 aromatic rings. The molecule has 0 atom stereocenters. The first-order chi connectivity index (χ1) is 12.3. The van der Waals surface area contributed by atoms with Gasteiger partial charge in [0.15, 0.2) is 0 Å². The van der Waals surface area contributed by atoms with Gasteiger partial charge in [-0.1, -0.05) is 18.2 Å². The molecule has 134 valence electrons. The van der Waals surface area contributed by atoms with Crippen LogP contribution in [-0.4, -0.2) is 11.0 Å². The maximum atomic E-state index is 14.4. The summed E-state index contributed by atoms with van der Waals surface area (Å²) in [5.74, 6) is -0.684. The molecular weight excluding hydrogens is 350 g/mol. The normalized spacial score (nSPS) is 11.5. The van der Waals surface area contributed by atoms with Crippen LogP contribution in [0.3, 0.4) is 0 Å². The van der Waals surface area contributed by atoms with Gasteiger partial charge in [0, 0.05) is 17.8 Å². The van der Waals surface area contributed by atoms with Gasteiger partial charge in [0.2, 0.25) is 0 Å². The molecule has 0 saturated carbocycles. The zero-order valence-electron chi connectivity index (χ0n) is 13.3. The number of rotatable bonds is 3. The number of amides is 2. The van der Waals surface area contributed by atoms with Gasteiger partial charge >= 0.3 is 12.2 Å². The zero-order chi connectivity index (χ0) is 18.9. The molecule has 0 aliphatic heterocycles. The number of pyridine rings is 1. The Hall–Kier alpha value is -3.16. The standard InChI is InChI=1S/C18H13F4N3O/c19-15-6-3-12-7-8-24-9-14(12)16(15)25(17(23)26)10-11-1-4-13(5-2-11)18(20,21)22/h1-9H,10H2,(H2,23,26). The fourth-order valence-electron chi connectivity index (χ4n) is 2.64. The highest BCUT2D eigenvalue weighted by Gasteiger charge is 2.30. The lowest BCUT2D eigenvalue weighted by atomic mass is 10.1. The highest BCUT2D eigenvalue weighted by molar-refractivity contribution is 6.02. The SMILES string of the molecule is NC(=O)N(Cc1ccc(C(F)(F)F)cc1)c1c(F)ccc2ccncc12. The van der Waals surface area contributed by atoms with Crippen molar-refractivity contribution in [3.8, 4) is 0 Å². The predicted octanol–water partition coefficient (Wildman–Crippen LogP) is 4.48. The molecule has 26 heavy (non-hydrogen) atoms. The number of anilines is 1. The molecule has 2 amide bonds. The number of carbonyl (C=O) groups is 1. The summed E-state index contributed by atoms with van der Waals surface area (Å²) in [7, 11) is 0. The molecule has 0 aliphatic carbocycles. The number of hydrogen-bond donors (Lipinski definition) is 1. The molecule has 1 aromatic heterocycles. The van der Waals surface area contributed by atoms with E-state index in [0.29, 0.717) is 16.3 Å². The third-order valence-corrected chi connectivity index (χ3v) is 3.90. The van der Waals surface area contributed by atoms with Crippen LogP contribution < -0.4 is 10.6 Å². The quantitative estimate of drug-likeness (QED) is 0.698. The minimum absolute atomic E-state index is 0.0667. The molecule has 4 nitrogen and oxygen atoms in total. The predicted molar refractivity (Wildman–Crippen MR) is 88.9 cm³/mol. The van der Waals surface area contributed by atoms with E-state index in [1.54, 1.807) is 6.07 Å². The van der Waals surface area contributed by atoms with E-state index in [0.717, 1.165) is 17.0 Å². The maximum Gasteiger partial charge on any atom is 0.416 e. The molecule has 2 aromatic carbocycles. The lowest BCUT2D eigenvalue weighted by Crippen LogP contribution is -2.36. The molecule has 1 heterocycles. The van der Waals surface area contributed by atoms with Gasteiger partial charge < -0.3 is 5.73 Å². The summed E-state index contributed by atoms with van der Waals surface area (Å²) < 4.78 is 52.4. The molecule has 8 heteroatoms. The van der Waals surface area contributed by atoms with E-state index in [1.807, 2.05) is 0 Å². The molecular formula is C18H13F4N3O. The number of primary amides is 1. The average molecular weight is 363 g/mol. The number of hydrogen-bond acceptors (Lipinski definition) is 2. The number of nitrogens with zero attached hydrogens (tertiary/aromatic N) is 2. The van der Waals surface area contributed by atoms with Crippen LogP contribution in [-0.2, 0) is 12.7 Å². The first-order valence-electron chi connectivity index (χ1n) is 7.52. The van der Waals surface area contributed by atoms with Crippen molar-refractivity contribution >= 4 is 22.5 Å². The molecule has 0 spiro atoms. The maximum absolute atomic E-state index is 14.4. The number of fused-ring (bicyclic) bond motifs is 1. The molecule has 0 fully saturated rings. The van der Waals surface area contributed by atoms with Gasteiger partial charge in [-0.05, 0) is 35.2 Å². The number of carbonyl (C=O) groups excluding carboxylic acids is 1. The Bertz CT molecular complexity index is 955. The summed E-state index contributed by atoms with van der Waals surface area (Å²) in [5.41, 5.74) is 4.89. The van der Waals surface area contributed by atoms with Crippen LogP contribution in [0.1, 0.15) is 11.1 Å². The van der Waals surface area contributed by atoms with Crippen molar-refractivity contribution < 1.29 is 22.4 Å². The number of halogens is 4. The Morgan fingerprint density at radius 3 is 2.38 bits per heavy atom. The van der Waals surface area contributed by atoms with Crippen LogP contribution in [0, 0.1) is 5.82 Å². The summed E-state index contributed by atoms with van der Waals surface area (Å²) in [4.78, 5) is 16.8. The number of benzene rings is 2. The van der Waals surface area contributed by atoms with Gasteiger partial charge in [0.1, 0.15) is 5.82 Å². The third kappa shape index (κ3) is 3.44. The molecule has 0 unspecified atom stereocenters. The monoisotopic (exact) mass is 363 g/mol. The Labute approximate surface area is 145 Å². The first kappa shape index (κ1) is 17.7. The number of aromatic nitrogens is 1. The van der Waals surface area contributed by atoms with Crippen LogP contribution in [0.25, 0.3) is 10.8 Å². The molecule has 0 bridgehead atoms. The number of nitrogens with two attached hydrogens (primary N) is 1. The zero-order valence-corrected chi connectivity index (χ0v) is 13.3. The lowest BCUT2D eigenvalue weighted by Gasteiger charge is -2.23. The van der Waals surface area contributed by atoms with E-state index in [9.17, 15) is 22.4 Å². The largest absolute Gasteiger partial charge is 0.416 e. The van der Waals surface area contributed by atoms with Gasteiger partial charge in [0.25, 0.3) is 0 Å². The smallest absolute Gasteiger partial charge is 0.351 e. The van der Waals surface area contributed by atoms with E-state index in [1.165, 1.54) is 36.7 Å². The van der Waals surface area contributed by atoms with Crippen molar-refractivity contribution in [3.05, 3.63) is 71.8 Å². The summed E-state index contributed by atoms with van der Waals surface area (Å²) in [5, 5.41) is 1.02. The molecule has 0 saturated heterocycles. The molecule has 0 aliphatic rings. The minimum atomic E-state index is -4.46. The van der Waals surface area contributed by atoms with E-state index < -0.39 is 23.6 Å². The van der Waals surface area contributed by atoms with Crippen LogP contribution in [0.4, 0.5) is 28.0 Å². The van der Waals surface area contributed by atoms with E-state index in [-0.39, 0.29) is 12.2 Å². The Kier molecular flexibility index (Phi) is 4.50. The van der Waals surface area contributed by atoms with Crippen molar-refractivity contribution in [2.24, 2.45) is 5.73 Å². The molecule has 3 rings (SSSR count). The Morgan fingerprint density at radius 1 is 1.08 bits per heavy atom. The number of alkyl halides is 3. The Balaban J connectivity index is 2.01. The van der Waals surface area contributed by atoms with Gasteiger partial charge in [-0.3, -0.25) is 9.88 Å². The van der Waals surface area contributed by atoms with Crippen LogP contribution in [0.15, 0.2) is 54.9 Å². The second kappa shape index (κ2) is 6.62. The van der Waals surface area contributed by atoms with Crippen molar-refractivity contribution in [2.75, 3.05) is 4.90 Å². The molecule has 0 radical (unpaired) electrons. The fourth-order valence-corrected chi connectivity index (χ4v) is 2.64. The topological polar surface area (TPSA) is 59.2 Å². The van der Waals surface area contributed by atoms with E-state index in [4.69, 9.17) is 5.73 Å². The van der Waals surface area contributed by atoms with Gasteiger partial charge in [-0.2, -0.15) is 13.2 Å². The second-order valence-electron chi connectivity index (χ2n) is 5.61. The van der Waals surface area contributed by atoms with Gasteiger partial charge in [0.05, 0.1) is 17.8 Å². The third-order valence-electron chi connectivity index (χ3n) is 3.90. The summed E-state index contributed by atoms with van der Waals surface area (Å²) in [6.45, 7) is -0.182. The summed E-state index contributed by atoms with van der Waals surface area (Å²) in [6, 6.07) is 7.69. The number of urea groups is 1. The van der Waals surface area contributed by atoms with Crippen molar-refractivity contribution in [1.82, 2.24) is 4.98 Å². The fraction of sp³-hybridized carbons (Fsp3) is 0.111. The highest BCUT2D eigenvalue weighted by Crippen LogP contribution is 2.32. The van der Waals surface area contributed by atoms with Crippen LogP contribution in [0.2, 0.25) is 0 Å². The summed E-state index contributed by atoms with van der Waals surface area (Å²) in [6.07, 6.45) is -1.54. The van der Waals surface area contributed by atoms with Crippen molar-refractivity contribution in [3.63, 3.8) is 0 Å². The van der Waals surface area contributed by atoms with Crippen molar-refractivity contribution in [1.29, 1.82) is 0 Å². The van der Waals surface area contributed by atoms with Crippen LogP contribution >= 0.6 is 0 Å². The first-order valence-corrected chi connectivity index (χ1v) is 7.52. The lowest BCUT2D eigenvalue weighted by molar-refractivity contribution is -0.137. The minimum Gasteiger partial charge on any atom is -0.351 e. The van der Waals surface area contributed by atoms with Crippen LogP contribution in [0.5, 0.6) is 0 Å². The second-order valence-corrected chi connectivity index (χ2v) is 5.61. The summed E-state index contributed by atoms with van der Waals surface area (Å²) >= 11 is 0. The van der Waals surface area contributed by atoms with Gasteiger partial charge in [-0.25, -0.2) is 9.18 Å². The highest BCUT2D eigenvalue weighted by atomic mass is 19.4. The molecule has 2 N–H and O–H groups in total.